The highest BCUT2D eigenvalue weighted by molar-refractivity contribution is 7.80. The molecule has 0 aliphatic rings. The minimum Gasteiger partial charge on any atom is -0.339 e. The second-order valence-corrected chi connectivity index (χ2v) is 8.86. The Kier molecular flexibility index (Phi) is 8.92. The smallest absolute Gasteiger partial charge is 0.245 e. The first-order valence-electron chi connectivity index (χ1n) is 8.69. The second-order valence-electron chi connectivity index (χ2n) is 6.08. The van der Waals surface area contributed by atoms with E-state index >= 15 is 0 Å². The quantitative estimate of drug-likeness (QED) is 0.210. The molecule has 0 radical (unpaired) electrons. The van der Waals surface area contributed by atoms with E-state index in [4.69, 9.17) is 47.0 Å². The SMILES string of the molecule is CC(=O)Nc1ccc(NC(=S)NC(NC(=O)/C=C\c2ccccc2)C(Cl)(Cl)Cl)cc1. The van der Waals surface area contributed by atoms with Crippen LogP contribution in [0.4, 0.5) is 11.4 Å². The molecule has 2 amide bonds. The average molecular weight is 486 g/mol. The Morgan fingerprint density at radius 3 is 2.03 bits per heavy atom. The lowest BCUT2D eigenvalue weighted by molar-refractivity contribution is -0.117. The maximum Gasteiger partial charge on any atom is 0.245 e. The van der Waals surface area contributed by atoms with E-state index in [-0.39, 0.29) is 11.0 Å². The third-order valence-electron chi connectivity index (χ3n) is 3.58. The summed E-state index contributed by atoms with van der Waals surface area (Å²) in [4.78, 5) is 23.3. The molecule has 6 nitrogen and oxygen atoms in total. The summed E-state index contributed by atoms with van der Waals surface area (Å²) >= 11 is 23.2. The van der Waals surface area contributed by atoms with Crippen LogP contribution < -0.4 is 21.3 Å². The molecule has 0 aromatic heterocycles. The van der Waals surface area contributed by atoms with E-state index in [1.165, 1.54) is 13.0 Å². The van der Waals surface area contributed by atoms with Gasteiger partial charge in [0.15, 0.2) is 5.11 Å². The van der Waals surface area contributed by atoms with Crippen molar-refractivity contribution in [3.63, 3.8) is 0 Å². The molecule has 1 unspecified atom stereocenters. The van der Waals surface area contributed by atoms with Crippen molar-refractivity contribution in [2.75, 3.05) is 10.6 Å². The summed E-state index contributed by atoms with van der Waals surface area (Å²) in [7, 11) is 0. The van der Waals surface area contributed by atoms with E-state index in [0.717, 1.165) is 5.56 Å². The van der Waals surface area contributed by atoms with E-state index in [9.17, 15) is 9.59 Å². The van der Waals surface area contributed by atoms with E-state index in [1.54, 1.807) is 30.3 Å². The van der Waals surface area contributed by atoms with Gasteiger partial charge < -0.3 is 21.3 Å². The minimum absolute atomic E-state index is 0.131. The molecule has 2 rings (SSSR count). The highest BCUT2D eigenvalue weighted by Gasteiger charge is 2.34. The lowest BCUT2D eigenvalue weighted by Crippen LogP contribution is -2.55. The lowest BCUT2D eigenvalue weighted by atomic mass is 10.2. The van der Waals surface area contributed by atoms with Gasteiger partial charge in [-0.15, -0.1) is 0 Å². The van der Waals surface area contributed by atoms with E-state index in [1.807, 2.05) is 30.3 Å². The topological polar surface area (TPSA) is 82.3 Å². The van der Waals surface area contributed by atoms with Gasteiger partial charge >= 0.3 is 0 Å². The summed E-state index contributed by atoms with van der Waals surface area (Å²) in [5.41, 5.74) is 2.13. The third kappa shape index (κ3) is 8.59. The number of nitrogens with one attached hydrogen (secondary N) is 4. The minimum atomic E-state index is -1.86. The molecule has 158 valence electrons. The number of carbonyl (C=O) groups excluding carboxylic acids is 2. The molecule has 0 spiro atoms. The van der Waals surface area contributed by atoms with Crippen LogP contribution in [0.2, 0.25) is 0 Å². The fourth-order valence-corrected chi connectivity index (χ4v) is 2.83. The molecule has 1 atom stereocenters. The molecule has 0 saturated heterocycles. The first kappa shape index (κ1) is 24.0. The van der Waals surface area contributed by atoms with Crippen molar-refractivity contribution < 1.29 is 9.59 Å². The molecule has 4 N–H and O–H groups in total. The molecule has 0 aliphatic carbocycles. The largest absolute Gasteiger partial charge is 0.339 e. The predicted octanol–water partition coefficient (Wildman–Crippen LogP) is 4.46. The van der Waals surface area contributed by atoms with Crippen molar-refractivity contribution in [1.29, 1.82) is 0 Å². The number of alkyl halides is 3. The van der Waals surface area contributed by atoms with Crippen LogP contribution in [0.5, 0.6) is 0 Å². The van der Waals surface area contributed by atoms with Crippen LogP contribution in [0.3, 0.4) is 0 Å². The van der Waals surface area contributed by atoms with E-state index < -0.39 is 15.9 Å². The molecular formula is C20H19Cl3N4O2S. The van der Waals surface area contributed by atoms with Crippen LogP contribution in [0, 0.1) is 0 Å². The predicted molar refractivity (Wildman–Crippen MR) is 128 cm³/mol. The number of hydrogen-bond donors (Lipinski definition) is 4. The number of anilines is 2. The summed E-state index contributed by atoms with van der Waals surface area (Å²) in [5.74, 6) is -0.638. The van der Waals surface area contributed by atoms with Gasteiger partial charge in [0.25, 0.3) is 0 Å². The normalized spacial score (nSPS) is 12.1. The van der Waals surface area contributed by atoms with Crippen molar-refractivity contribution in [2.45, 2.75) is 16.9 Å². The van der Waals surface area contributed by atoms with E-state index in [2.05, 4.69) is 21.3 Å². The van der Waals surface area contributed by atoms with Gasteiger partial charge in [0.1, 0.15) is 6.17 Å². The molecule has 10 heteroatoms. The summed E-state index contributed by atoms with van der Waals surface area (Å²) in [5, 5.41) is 11.0. The fourth-order valence-electron chi connectivity index (χ4n) is 2.26. The Morgan fingerprint density at radius 2 is 1.50 bits per heavy atom. The zero-order valence-corrected chi connectivity index (χ0v) is 18.9. The Balaban J connectivity index is 1.96. The van der Waals surface area contributed by atoms with Crippen molar-refractivity contribution >= 4 is 81.4 Å². The average Bonchev–Trinajstić information content (AvgIpc) is 2.67. The van der Waals surface area contributed by atoms with Gasteiger partial charge in [0.05, 0.1) is 0 Å². The molecule has 2 aromatic carbocycles. The van der Waals surface area contributed by atoms with Gasteiger partial charge in [0, 0.05) is 24.4 Å². The Hall–Kier alpha value is -2.32. The van der Waals surface area contributed by atoms with Crippen LogP contribution >= 0.6 is 47.0 Å². The fraction of sp³-hybridized carbons (Fsp3) is 0.150. The highest BCUT2D eigenvalue weighted by atomic mass is 35.6. The Labute approximate surface area is 195 Å². The molecular weight excluding hydrogens is 467 g/mol. The monoisotopic (exact) mass is 484 g/mol. The first-order chi connectivity index (χ1) is 14.1. The molecule has 0 saturated carbocycles. The Bertz CT molecular complexity index is 916. The highest BCUT2D eigenvalue weighted by Crippen LogP contribution is 2.29. The van der Waals surface area contributed by atoms with Crippen molar-refractivity contribution in [2.24, 2.45) is 0 Å². The summed E-state index contributed by atoms with van der Waals surface area (Å²) < 4.78 is -1.86. The number of benzene rings is 2. The van der Waals surface area contributed by atoms with Crippen LogP contribution in [0.1, 0.15) is 12.5 Å². The van der Waals surface area contributed by atoms with Crippen molar-refractivity contribution in [3.8, 4) is 0 Å². The number of rotatable bonds is 6. The molecule has 0 bridgehead atoms. The van der Waals surface area contributed by atoms with Crippen LogP contribution in [0.15, 0.2) is 60.7 Å². The van der Waals surface area contributed by atoms with Crippen LogP contribution in [-0.2, 0) is 9.59 Å². The van der Waals surface area contributed by atoms with Gasteiger partial charge in [-0.3, -0.25) is 9.59 Å². The number of amides is 2. The van der Waals surface area contributed by atoms with Crippen molar-refractivity contribution in [3.05, 3.63) is 66.2 Å². The Morgan fingerprint density at radius 1 is 0.933 bits per heavy atom. The third-order valence-corrected chi connectivity index (χ3v) is 4.45. The van der Waals surface area contributed by atoms with Crippen LogP contribution in [-0.4, -0.2) is 26.9 Å². The van der Waals surface area contributed by atoms with Crippen LogP contribution in [0.25, 0.3) is 6.08 Å². The first-order valence-corrected chi connectivity index (χ1v) is 10.2. The second kappa shape index (κ2) is 11.2. The van der Waals surface area contributed by atoms with Gasteiger partial charge in [-0.05, 0) is 48.1 Å². The van der Waals surface area contributed by atoms with E-state index in [0.29, 0.717) is 11.4 Å². The standard InChI is InChI=1S/C20H19Cl3N4O2S/c1-13(28)24-15-8-10-16(11-9-15)25-19(30)27-18(20(21,22)23)26-17(29)12-7-14-5-3-2-4-6-14/h2-12,18H,1H3,(H,24,28)(H,26,29)(H2,25,27,30)/b12-7-. The molecule has 0 aliphatic heterocycles. The summed E-state index contributed by atoms with van der Waals surface area (Å²) in [6.45, 7) is 1.42. The van der Waals surface area contributed by atoms with Gasteiger partial charge in [0.2, 0.25) is 15.6 Å². The molecule has 30 heavy (non-hydrogen) atoms. The number of carbonyl (C=O) groups is 2. The number of thiocarbonyl (C=S) groups is 1. The van der Waals surface area contributed by atoms with Gasteiger partial charge in [-0.2, -0.15) is 0 Å². The number of halogens is 3. The number of hydrogen-bond acceptors (Lipinski definition) is 3. The van der Waals surface area contributed by atoms with Crippen molar-refractivity contribution in [1.82, 2.24) is 10.6 Å². The maximum atomic E-state index is 12.2. The molecule has 0 fully saturated rings. The molecule has 2 aromatic rings. The van der Waals surface area contributed by atoms with Gasteiger partial charge in [-0.1, -0.05) is 65.1 Å². The summed E-state index contributed by atoms with van der Waals surface area (Å²) in [6, 6.07) is 16.1. The zero-order valence-electron chi connectivity index (χ0n) is 15.8. The summed E-state index contributed by atoms with van der Waals surface area (Å²) in [6.07, 6.45) is 1.88. The van der Waals surface area contributed by atoms with Gasteiger partial charge in [-0.25, -0.2) is 0 Å². The molecule has 0 heterocycles. The maximum absolute atomic E-state index is 12.2. The zero-order chi connectivity index (χ0) is 22.1. The lowest BCUT2D eigenvalue weighted by Gasteiger charge is -2.27.